The van der Waals surface area contributed by atoms with Crippen molar-refractivity contribution in [3.05, 3.63) is 0 Å². The summed E-state index contributed by atoms with van der Waals surface area (Å²) in [6.07, 6.45) is 48.6. The van der Waals surface area contributed by atoms with E-state index in [0.29, 0.717) is 0 Å². The molecule has 0 aromatic rings. The van der Waals surface area contributed by atoms with E-state index in [4.69, 9.17) is 0 Å². The summed E-state index contributed by atoms with van der Waals surface area (Å²) >= 11 is 0. The minimum atomic E-state index is 0.954. The Hall–Kier alpha value is 0. The van der Waals surface area contributed by atoms with Crippen LogP contribution in [0.5, 0.6) is 0 Å². The van der Waals surface area contributed by atoms with E-state index in [1.807, 2.05) is 0 Å². The second-order valence-corrected chi connectivity index (χ2v) is 13.9. The maximum atomic E-state index is 2.51. The Kier molecular flexibility index (Phi) is 34.2. The normalized spacial score (nSPS) is 13.2. The molecule has 0 rings (SSSR count). The van der Waals surface area contributed by atoms with Gasteiger partial charge in [-0.1, -0.05) is 240 Å². The highest BCUT2D eigenvalue weighted by atomic mass is 14.1. The lowest BCUT2D eigenvalue weighted by Crippen LogP contribution is -1.99. The van der Waals surface area contributed by atoms with Crippen molar-refractivity contribution < 1.29 is 0 Å². The van der Waals surface area contributed by atoms with E-state index in [0.717, 1.165) is 11.8 Å². The Balaban J connectivity index is 3.26. The van der Waals surface area contributed by atoms with Crippen molar-refractivity contribution >= 4 is 0 Å². The van der Waals surface area contributed by atoms with E-state index < -0.39 is 0 Å². The molecule has 0 aromatic heterocycles. The zero-order valence-corrected chi connectivity index (χ0v) is 28.5. The van der Waals surface area contributed by atoms with Crippen molar-refractivity contribution in [3.8, 4) is 0 Å². The molecule has 0 aliphatic carbocycles. The van der Waals surface area contributed by atoms with E-state index in [1.165, 1.54) is 212 Å². The summed E-state index contributed by atoms with van der Waals surface area (Å²) in [5.41, 5.74) is 0. The van der Waals surface area contributed by atoms with E-state index >= 15 is 0 Å². The maximum Gasteiger partial charge on any atom is -0.0443 e. The van der Waals surface area contributed by atoms with Gasteiger partial charge in [0.1, 0.15) is 0 Å². The fourth-order valence-corrected chi connectivity index (χ4v) is 6.48. The van der Waals surface area contributed by atoms with Gasteiger partial charge in [-0.15, -0.1) is 0 Å². The molecule has 0 radical (unpaired) electrons. The van der Waals surface area contributed by atoms with Gasteiger partial charge in [-0.25, -0.2) is 0 Å². The summed E-state index contributed by atoms with van der Waals surface area (Å²) in [4.78, 5) is 0. The minimum Gasteiger partial charge on any atom is -0.0654 e. The van der Waals surface area contributed by atoms with Crippen LogP contribution < -0.4 is 0 Å². The molecule has 0 spiro atoms. The second-order valence-electron chi connectivity index (χ2n) is 13.9. The summed E-state index contributed by atoms with van der Waals surface area (Å²) in [7, 11) is 0. The van der Waals surface area contributed by atoms with E-state index in [2.05, 4.69) is 27.7 Å². The Morgan fingerprint density at radius 1 is 0.231 bits per heavy atom. The molecule has 0 nitrogen and oxygen atoms in total. The molecular formula is C39H80. The molecule has 236 valence electrons. The first-order valence-corrected chi connectivity index (χ1v) is 19.2. The molecule has 2 atom stereocenters. The first-order valence-electron chi connectivity index (χ1n) is 19.2. The van der Waals surface area contributed by atoms with Gasteiger partial charge in [-0.2, -0.15) is 0 Å². The van der Waals surface area contributed by atoms with Gasteiger partial charge in [-0.05, 0) is 11.8 Å². The van der Waals surface area contributed by atoms with Crippen LogP contribution in [0, 0.1) is 11.8 Å². The molecule has 0 N–H and O–H groups in total. The van der Waals surface area contributed by atoms with Crippen molar-refractivity contribution in [1.29, 1.82) is 0 Å². The first-order chi connectivity index (χ1) is 19.2. The summed E-state index contributed by atoms with van der Waals surface area (Å²) in [6, 6.07) is 0. The third kappa shape index (κ3) is 34.1. The van der Waals surface area contributed by atoms with Crippen molar-refractivity contribution in [3.63, 3.8) is 0 Å². The lowest BCUT2D eigenvalue weighted by molar-refractivity contribution is 0.390. The third-order valence-electron chi connectivity index (χ3n) is 9.49. The van der Waals surface area contributed by atoms with Crippen molar-refractivity contribution in [1.82, 2.24) is 0 Å². The summed E-state index contributed by atoms with van der Waals surface area (Å²) in [5, 5.41) is 0. The lowest BCUT2D eigenvalue weighted by atomic mass is 9.92. The highest BCUT2D eigenvalue weighted by Crippen LogP contribution is 2.22. The van der Waals surface area contributed by atoms with E-state index in [-0.39, 0.29) is 0 Å². The molecule has 0 bridgehead atoms. The standard InChI is InChI=1S/C39H80/c1-5-7-9-11-13-15-17-19-21-23-25-27-29-31-34-38(3)36-33-37-39(4)35-32-30-28-26-24-22-20-18-16-14-12-10-8-6-2/h38-39H,5-37H2,1-4H3. The van der Waals surface area contributed by atoms with Crippen LogP contribution in [0.1, 0.15) is 240 Å². The van der Waals surface area contributed by atoms with Crippen molar-refractivity contribution in [2.45, 2.75) is 240 Å². The largest absolute Gasteiger partial charge is 0.0654 e. The van der Waals surface area contributed by atoms with Crippen LogP contribution in [0.25, 0.3) is 0 Å². The van der Waals surface area contributed by atoms with Gasteiger partial charge >= 0.3 is 0 Å². The summed E-state index contributed by atoms with van der Waals surface area (Å²) in [6.45, 7) is 9.65. The van der Waals surface area contributed by atoms with Crippen LogP contribution in [0.4, 0.5) is 0 Å². The first kappa shape index (κ1) is 39.0. The van der Waals surface area contributed by atoms with Gasteiger partial charge in [0.05, 0.1) is 0 Å². The van der Waals surface area contributed by atoms with Gasteiger partial charge in [0.2, 0.25) is 0 Å². The Labute approximate surface area is 251 Å². The molecule has 0 heteroatoms. The molecule has 0 amide bonds. The molecule has 0 saturated heterocycles. The lowest BCUT2D eigenvalue weighted by Gasteiger charge is -2.14. The molecule has 0 heterocycles. The van der Waals surface area contributed by atoms with Gasteiger partial charge in [0.25, 0.3) is 0 Å². The van der Waals surface area contributed by atoms with Crippen molar-refractivity contribution in [2.24, 2.45) is 11.8 Å². The number of hydrogen-bond donors (Lipinski definition) is 0. The average molecular weight is 549 g/mol. The highest BCUT2D eigenvalue weighted by molar-refractivity contribution is 4.60. The molecule has 2 unspecified atom stereocenters. The number of hydrogen-bond acceptors (Lipinski definition) is 0. The fraction of sp³-hybridized carbons (Fsp3) is 1.00. The highest BCUT2D eigenvalue weighted by Gasteiger charge is 2.06. The van der Waals surface area contributed by atoms with Crippen molar-refractivity contribution in [2.75, 3.05) is 0 Å². The average Bonchev–Trinajstić information content (AvgIpc) is 2.93. The van der Waals surface area contributed by atoms with Crippen LogP contribution in [-0.2, 0) is 0 Å². The fourth-order valence-electron chi connectivity index (χ4n) is 6.48. The predicted octanol–water partition coefficient (Wildman–Crippen LogP) is 15.2. The molecule has 0 aliphatic rings. The van der Waals surface area contributed by atoms with E-state index in [1.54, 1.807) is 0 Å². The number of unbranched alkanes of at least 4 members (excludes halogenated alkanes) is 26. The smallest absolute Gasteiger partial charge is 0.0443 e. The van der Waals surface area contributed by atoms with Crippen LogP contribution in [0.15, 0.2) is 0 Å². The SMILES string of the molecule is CCCCCCCCCCCCCCCCC(C)CCCC(C)CCCCCCCCCCCCCCCC. The van der Waals surface area contributed by atoms with Gasteiger partial charge < -0.3 is 0 Å². The summed E-state index contributed by atoms with van der Waals surface area (Å²) < 4.78 is 0. The Morgan fingerprint density at radius 3 is 0.641 bits per heavy atom. The molecule has 0 aliphatic heterocycles. The Bertz CT molecular complexity index is 374. The van der Waals surface area contributed by atoms with Crippen LogP contribution in [0.3, 0.4) is 0 Å². The molecule has 0 saturated carbocycles. The van der Waals surface area contributed by atoms with Gasteiger partial charge in [0.15, 0.2) is 0 Å². The maximum absolute atomic E-state index is 2.51. The quantitative estimate of drug-likeness (QED) is 0.0701. The molecule has 0 aromatic carbocycles. The summed E-state index contributed by atoms with van der Waals surface area (Å²) in [5.74, 6) is 1.91. The molecule has 39 heavy (non-hydrogen) atoms. The third-order valence-corrected chi connectivity index (χ3v) is 9.49. The number of rotatable bonds is 34. The van der Waals surface area contributed by atoms with Crippen LogP contribution in [-0.4, -0.2) is 0 Å². The topological polar surface area (TPSA) is 0 Å². The predicted molar refractivity (Wildman–Crippen MR) is 182 cm³/mol. The monoisotopic (exact) mass is 549 g/mol. The van der Waals surface area contributed by atoms with E-state index in [9.17, 15) is 0 Å². The zero-order chi connectivity index (χ0) is 28.5. The zero-order valence-electron chi connectivity index (χ0n) is 28.5. The molecular weight excluding hydrogens is 468 g/mol. The van der Waals surface area contributed by atoms with Gasteiger partial charge in [-0.3, -0.25) is 0 Å². The van der Waals surface area contributed by atoms with Crippen LogP contribution in [0.2, 0.25) is 0 Å². The second kappa shape index (κ2) is 34.2. The molecule has 0 fully saturated rings. The Morgan fingerprint density at radius 2 is 0.410 bits per heavy atom. The van der Waals surface area contributed by atoms with Gasteiger partial charge in [0, 0.05) is 0 Å². The van der Waals surface area contributed by atoms with Crippen LogP contribution >= 0.6 is 0 Å². The minimum absolute atomic E-state index is 0.954.